The van der Waals surface area contributed by atoms with Crippen molar-refractivity contribution in [1.82, 2.24) is 0 Å². The molecule has 0 unspecified atom stereocenters. The lowest BCUT2D eigenvalue weighted by atomic mass is 9.73. The van der Waals surface area contributed by atoms with E-state index in [1.54, 1.807) is 0 Å². The van der Waals surface area contributed by atoms with E-state index in [-0.39, 0.29) is 10.8 Å². The van der Waals surface area contributed by atoms with Gasteiger partial charge in [-0.25, -0.2) is 4.57 Å². The number of hydrogen-bond donors (Lipinski definition) is 1. The number of phosphoric acid groups is 1. The maximum absolute atomic E-state index is 13.4. The summed E-state index contributed by atoms with van der Waals surface area (Å²) in [6, 6.07) is 0. The molecule has 0 rings (SSSR count). The van der Waals surface area contributed by atoms with E-state index < -0.39 is 19.0 Å². The van der Waals surface area contributed by atoms with Crippen LogP contribution in [0.15, 0.2) is 0 Å². The van der Waals surface area contributed by atoms with Gasteiger partial charge in [0.1, 0.15) is 0 Å². The van der Waals surface area contributed by atoms with Crippen LogP contribution in [-0.2, 0) is 13.6 Å². The van der Waals surface area contributed by atoms with Crippen LogP contribution in [0.3, 0.4) is 0 Å². The fourth-order valence-electron chi connectivity index (χ4n) is 6.26. The van der Waals surface area contributed by atoms with Crippen LogP contribution >= 0.6 is 7.82 Å². The van der Waals surface area contributed by atoms with Crippen LogP contribution in [-0.4, -0.2) is 16.1 Å². The zero-order valence-corrected chi connectivity index (χ0v) is 33.4. The van der Waals surface area contributed by atoms with Gasteiger partial charge in [0.05, 0.1) is 11.2 Å². The van der Waals surface area contributed by atoms with Crippen molar-refractivity contribution in [2.24, 2.45) is 10.8 Å². The summed E-state index contributed by atoms with van der Waals surface area (Å²) in [4.78, 5) is 11.0. The lowest BCUT2D eigenvalue weighted by Gasteiger charge is -2.45. The highest BCUT2D eigenvalue weighted by molar-refractivity contribution is 7.47. The maximum Gasteiger partial charge on any atom is 0.473 e. The standard InChI is InChI=1S/C40H83O4P/c1-11-13-15-17-19-21-23-25-27-29-31-33-35-37(3,4)39(7,8)43-45(41,42)44-40(9,10)38(5,6)36-34-32-30-28-26-24-22-20-18-16-14-12-2/h11-36H2,1-10H3,(H,41,42). The average molecular weight is 659 g/mol. The molecule has 1 N–H and O–H groups in total. The highest BCUT2D eigenvalue weighted by atomic mass is 31.2. The molecule has 0 saturated carbocycles. The molecule has 0 aromatic rings. The van der Waals surface area contributed by atoms with Gasteiger partial charge < -0.3 is 4.89 Å². The quantitative estimate of drug-likeness (QED) is 0.0577. The van der Waals surface area contributed by atoms with Crippen LogP contribution in [0.4, 0.5) is 0 Å². The van der Waals surface area contributed by atoms with E-state index in [9.17, 15) is 9.46 Å². The van der Waals surface area contributed by atoms with Gasteiger partial charge in [-0.3, -0.25) is 9.05 Å². The first-order chi connectivity index (χ1) is 21.0. The lowest BCUT2D eigenvalue weighted by molar-refractivity contribution is -0.0854. The Balaban J connectivity index is 4.41. The molecule has 5 heteroatoms. The van der Waals surface area contributed by atoms with Gasteiger partial charge in [-0.15, -0.1) is 0 Å². The van der Waals surface area contributed by atoms with Crippen molar-refractivity contribution in [3.8, 4) is 0 Å². The fraction of sp³-hybridized carbons (Fsp3) is 1.00. The smallest absolute Gasteiger partial charge is 0.302 e. The Kier molecular flexibility index (Phi) is 24.3. The Hall–Kier alpha value is 0.110. The fourth-order valence-corrected chi connectivity index (χ4v) is 7.95. The normalized spacial score (nSPS) is 13.6. The summed E-state index contributed by atoms with van der Waals surface area (Å²) in [5.41, 5.74) is -2.07. The molecule has 0 aliphatic rings. The summed E-state index contributed by atoms with van der Waals surface area (Å²) in [7, 11) is -4.27. The van der Waals surface area contributed by atoms with E-state index in [1.807, 2.05) is 27.7 Å². The van der Waals surface area contributed by atoms with Crippen molar-refractivity contribution in [3.05, 3.63) is 0 Å². The van der Waals surface area contributed by atoms with Crippen molar-refractivity contribution in [2.45, 2.75) is 247 Å². The first-order valence-electron chi connectivity index (χ1n) is 19.8. The first-order valence-corrected chi connectivity index (χ1v) is 21.3. The van der Waals surface area contributed by atoms with E-state index in [0.717, 1.165) is 25.7 Å². The van der Waals surface area contributed by atoms with E-state index >= 15 is 0 Å². The molecule has 0 bridgehead atoms. The molecule has 45 heavy (non-hydrogen) atoms. The molecule has 0 aliphatic heterocycles. The average Bonchev–Trinajstić information content (AvgIpc) is 2.92. The molecule has 0 aromatic carbocycles. The van der Waals surface area contributed by atoms with Gasteiger partial charge in [0.25, 0.3) is 0 Å². The first kappa shape index (κ1) is 45.1. The van der Waals surface area contributed by atoms with Crippen molar-refractivity contribution in [1.29, 1.82) is 0 Å². The predicted octanol–water partition coefficient (Wildman–Crippen LogP) is 14.9. The highest BCUT2D eigenvalue weighted by Gasteiger charge is 2.48. The summed E-state index contributed by atoms with van der Waals surface area (Å²) in [6.07, 6.45) is 33.8. The highest BCUT2D eigenvalue weighted by Crippen LogP contribution is 2.57. The lowest BCUT2D eigenvalue weighted by Crippen LogP contribution is -2.44. The summed E-state index contributed by atoms with van der Waals surface area (Å²) < 4.78 is 25.4. The third-order valence-corrected chi connectivity index (χ3v) is 12.6. The van der Waals surface area contributed by atoms with Crippen LogP contribution in [0.25, 0.3) is 0 Å². The van der Waals surface area contributed by atoms with Crippen molar-refractivity contribution in [2.75, 3.05) is 0 Å². The minimum absolute atomic E-state index is 0.248. The molecule has 0 saturated heterocycles. The van der Waals surface area contributed by atoms with Crippen molar-refractivity contribution >= 4 is 7.82 Å². The number of unbranched alkanes of at least 4 members (excludes halogenated alkanes) is 22. The van der Waals surface area contributed by atoms with Gasteiger partial charge in [-0.2, -0.15) is 0 Å². The Labute approximate surface area is 284 Å². The zero-order valence-electron chi connectivity index (χ0n) is 32.5. The Morgan fingerprint density at radius 3 is 0.822 bits per heavy atom. The monoisotopic (exact) mass is 659 g/mol. The topological polar surface area (TPSA) is 55.8 Å². The van der Waals surface area contributed by atoms with Gasteiger partial charge in [0.15, 0.2) is 0 Å². The number of rotatable bonds is 32. The molecule has 0 heterocycles. The van der Waals surface area contributed by atoms with Gasteiger partial charge in [0.2, 0.25) is 0 Å². The van der Waals surface area contributed by atoms with Gasteiger partial charge >= 0.3 is 7.82 Å². The second-order valence-electron chi connectivity index (χ2n) is 16.7. The van der Waals surface area contributed by atoms with Crippen LogP contribution < -0.4 is 0 Å². The molecular formula is C40H83O4P. The molecule has 0 radical (unpaired) electrons. The number of hydrogen-bond acceptors (Lipinski definition) is 3. The van der Waals surface area contributed by atoms with Crippen molar-refractivity contribution < 1.29 is 18.5 Å². The van der Waals surface area contributed by atoms with Crippen LogP contribution in [0.1, 0.15) is 236 Å². The molecule has 0 fully saturated rings. The molecule has 0 aliphatic carbocycles. The van der Waals surface area contributed by atoms with E-state index in [1.165, 1.54) is 141 Å². The van der Waals surface area contributed by atoms with Gasteiger partial charge in [-0.1, -0.05) is 196 Å². The molecular weight excluding hydrogens is 575 g/mol. The second kappa shape index (κ2) is 24.3. The molecule has 272 valence electrons. The van der Waals surface area contributed by atoms with Gasteiger partial charge in [0, 0.05) is 0 Å². The predicted molar refractivity (Wildman–Crippen MR) is 199 cm³/mol. The molecule has 0 atom stereocenters. The summed E-state index contributed by atoms with van der Waals surface area (Å²) in [6.45, 7) is 21.0. The van der Waals surface area contributed by atoms with E-state index in [4.69, 9.17) is 9.05 Å². The third-order valence-electron chi connectivity index (χ3n) is 11.3. The number of phosphoric ester groups is 1. The molecule has 0 amide bonds. The molecule has 0 spiro atoms. The summed E-state index contributed by atoms with van der Waals surface area (Å²) in [5, 5.41) is 0. The SMILES string of the molecule is CCCCCCCCCCCCCCC(C)(C)C(C)(C)OP(=O)(O)OC(C)(C)C(C)(C)CCCCCCCCCCCCCC. The Bertz CT molecular complexity index is 685. The largest absolute Gasteiger partial charge is 0.473 e. The maximum atomic E-state index is 13.4. The summed E-state index contributed by atoms with van der Waals surface area (Å²) >= 11 is 0. The van der Waals surface area contributed by atoms with Crippen molar-refractivity contribution in [3.63, 3.8) is 0 Å². The van der Waals surface area contributed by atoms with E-state index in [0.29, 0.717) is 0 Å². The minimum Gasteiger partial charge on any atom is -0.302 e. The van der Waals surface area contributed by atoms with E-state index in [2.05, 4.69) is 41.5 Å². The van der Waals surface area contributed by atoms with Crippen LogP contribution in [0.5, 0.6) is 0 Å². The van der Waals surface area contributed by atoms with Crippen LogP contribution in [0.2, 0.25) is 0 Å². The Morgan fingerprint density at radius 2 is 0.600 bits per heavy atom. The summed E-state index contributed by atoms with van der Waals surface area (Å²) in [5.74, 6) is 0. The Morgan fingerprint density at radius 1 is 0.400 bits per heavy atom. The third kappa shape index (κ3) is 21.6. The van der Waals surface area contributed by atoms with Gasteiger partial charge in [-0.05, 0) is 51.4 Å². The van der Waals surface area contributed by atoms with Crippen LogP contribution in [0, 0.1) is 10.8 Å². The minimum atomic E-state index is -4.27. The zero-order chi connectivity index (χ0) is 34.3. The molecule has 4 nitrogen and oxygen atoms in total. The molecule has 0 aromatic heterocycles. The second-order valence-corrected chi connectivity index (χ2v) is 18.0.